The van der Waals surface area contributed by atoms with Crippen molar-refractivity contribution in [2.75, 3.05) is 0 Å². The fraction of sp³-hybridized carbons (Fsp3) is 0.133. The molecule has 0 aliphatic heterocycles. The number of oxime groups is 1. The molecule has 0 aliphatic carbocycles. The van der Waals surface area contributed by atoms with Gasteiger partial charge in [0.15, 0.2) is 5.84 Å². The fourth-order valence-electron chi connectivity index (χ4n) is 1.85. The van der Waals surface area contributed by atoms with Crippen LogP contribution in [0.4, 0.5) is 0 Å². The Balaban J connectivity index is 2.22. The molecule has 0 spiro atoms. The summed E-state index contributed by atoms with van der Waals surface area (Å²) in [5.74, 6) is 1.55. The van der Waals surface area contributed by atoms with E-state index in [9.17, 15) is 0 Å². The minimum Gasteiger partial charge on any atom is -0.457 e. The molecule has 0 fully saturated rings. The van der Waals surface area contributed by atoms with E-state index >= 15 is 0 Å². The predicted octanol–water partition coefficient (Wildman–Crippen LogP) is 3.95. The first-order valence-corrected chi connectivity index (χ1v) is 6.83. The first kappa shape index (κ1) is 14.4. The zero-order chi connectivity index (χ0) is 14.7. The van der Waals surface area contributed by atoms with Crippen LogP contribution in [0.3, 0.4) is 0 Å². The van der Waals surface area contributed by atoms with E-state index in [0.717, 1.165) is 21.3 Å². The Morgan fingerprint density at radius 3 is 2.15 bits per heavy atom. The topological polar surface area (TPSA) is 67.8 Å². The maximum Gasteiger partial charge on any atom is 0.170 e. The number of ether oxygens (including phenoxy) is 1. The van der Waals surface area contributed by atoms with Crippen molar-refractivity contribution < 1.29 is 9.94 Å². The van der Waals surface area contributed by atoms with E-state index < -0.39 is 0 Å². The van der Waals surface area contributed by atoms with E-state index in [1.54, 1.807) is 24.3 Å². The summed E-state index contributed by atoms with van der Waals surface area (Å²) < 4.78 is 6.89. The number of nitrogens with two attached hydrogens (primary N) is 1. The molecular formula is C15H15BrN2O2. The summed E-state index contributed by atoms with van der Waals surface area (Å²) in [5, 5.41) is 11.6. The Morgan fingerprint density at radius 1 is 1.10 bits per heavy atom. The monoisotopic (exact) mass is 334 g/mol. The van der Waals surface area contributed by atoms with Crippen molar-refractivity contribution >= 4 is 21.8 Å². The Kier molecular flexibility index (Phi) is 4.29. The number of hydrogen-bond acceptors (Lipinski definition) is 3. The van der Waals surface area contributed by atoms with Gasteiger partial charge < -0.3 is 15.7 Å². The number of amidine groups is 1. The molecule has 0 saturated heterocycles. The molecule has 4 nitrogen and oxygen atoms in total. The Bertz CT molecular complexity index is 628. The van der Waals surface area contributed by atoms with Gasteiger partial charge in [0, 0.05) is 10.0 Å². The molecule has 0 aliphatic rings. The number of aryl methyl sites for hydroxylation is 2. The van der Waals surface area contributed by atoms with Gasteiger partial charge in [-0.2, -0.15) is 0 Å². The third-order valence-corrected chi connectivity index (χ3v) is 4.15. The van der Waals surface area contributed by atoms with Gasteiger partial charge >= 0.3 is 0 Å². The highest BCUT2D eigenvalue weighted by atomic mass is 79.9. The minimum absolute atomic E-state index is 0.0758. The third-order valence-electron chi connectivity index (χ3n) is 2.90. The quantitative estimate of drug-likeness (QED) is 0.386. The van der Waals surface area contributed by atoms with E-state index in [0.29, 0.717) is 11.3 Å². The van der Waals surface area contributed by atoms with Crippen molar-refractivity contribution in [3.63, 3.8) is 0 Å². The average Bonchev–Trinajstić information content (AvgIpc) is 2.44. The van der Waals surface area contributed by atoms with Crippen molar-refractivity contribution in [1.29, 1.82) is 0 Å². The highest BCUT2D eigenvalue weighted by Gasteiger charge is 2.05. The molecule has 0 amide bonds. The summed E-state index contributed by atoms with van der Waals surface area (Å²) in [5.41, 5.74) is 8.39. The van der Waals surface area contributed by atoms with Crippen molar-refractivity contribution in [2.45, 2.75) is 13.8 Å². The summed E-state index contributed by atoms with van der Waals surface area (Å²) in [7, 11) is 0. The van der Waals surface area contributed by atoms with E-state index in [2.05, 4.69) is 21.1 Å². The predicted molar refractivity (Wildman–Crippen MR) is 82.6 cm³/mol. The van der Waals surface area contributed by atoms with E-state index in [1.165, 1.54) is 0 Å². The van der Waals surface area contributed by atoms with Gasteiger partial charge in [0.25, 0.3) is 0 Å². The Hall–Kier alpha value is -2.01. The molecule has 0 aromatic heterocycles. The molecule has 3 N–H and O–H groups in total. The molecule has 2 aromatic carbocycles. The van der Waals surface area contributed by atoms with Crippen LogP contribution in [0.25, 0.3) is 0 Å². The Morgan fingerprint density at radius 2 is 1.65 bits per heavy atom. The summed E-state index contributed by atoms with van der Waals surface area (Å²) >= 11 is 3.53. The van der Waals surface area contributed by atoms with Gasteiger partial charge in [-0.05, 0) is 61.4 Å². The SMILES string of the molecule is Cc1cc(Oc2ccc(/C(N)=N/O)cc2)cc(C)c1Br. The molecular weight excluding hydrogens is 320 g/mol. The van der Waals surface area contributed by atoms with Gasteiger partial charge in [-0.15, -0.1) is 0 Å². The van der Waals surface area contributed by atoms with Crippen LogP contribution in [0.15, 0.2) is 46.0 Å². The second kappa shape index (κ2) is 5.96. The van der Waals surface area contributed by atoms with E-state index in [1.807, 2.05) is 26.0 Å². The molecule has 0 saturated carbocycles. The van der Waals surface area contributed by atoms with Crippen molar-refractivity contribution in [2.24, 2.45) is 10.9 Å². The van der Waals surface area contributed by atoms with Crippen LogP contribution in [-0.2, 0) is 0 Å². The van der Waals surface area contributed by atoms with Crippen LogP contribution in [0.2, 0.25) is 0 Å². The van der Waals surface area contributed by atoms with Gasteiger partial charge in [0.2, 0.25) is 0 Å². The second-order valence-electron chi connectivity index (χ2n) is 4.48. The van der Waals surface area contributed by atoms with Crippen LogP contribution < -0.4 is 10.5 Å². The standard InChI is InChI=1S/C15H15BrN2O2/c1-9-7-13(8-10(2)14(9)16)20-12-5-3-11(4-6-12)15(17)18-19/h3-8,19H,1-2H3,(H2,17,18). The molecule has 20 heavy (non-hydrogen) atoms. The lowest BCUT2D eigenvalue weighted by molar-refractivity contribution is 0.318. The average molecular weight is 335 g/mol. The zero-order valence-corrected chi connectivity index (χ0v) is 12.8. The maximum atomic E-state index is 8.61. The smallest absolute Gasteiger partial charge is 0.170 e. The summed E-state index contributed by atoms with van der Waals surface area (Å²) in [6, 6.07) is 11.0. The van der Waals surface area contributed by atoms with Gasteiger partial charge in [0.1, 0.15) is 11.5 Å². The highest BCUT2D eigenvalue weighted by molar-refractivity contribution is 9.10. The molecule has 0 heterocycles. The van der Waals surface area contributed by atoms with Crippen molar-refractivity contribution in [3.05, 3.63) is 57.6 Å². The van der Waals surface area contributed by atoms with E-state index in [-0.39, 0.29) is 5.84 Å². The lowest BCUT2D eigenvalue weighted by atomic mass is 10.1. The highest BCUT2D eigenvalue weighted by Crippen LogP contribution is 2.29. The number of halogens is 1. The molecule has 0 unspecified atom stereocenters. The number of hydrogen-bond donors (Lipinski definition) is 2. The molecule has 2 rings (SSSR count). The number of nitrogens with zero attached hydrogens (tertiary/aromatic N) is 1. The molecule has 0 bridgehead atoms. The van der Waals surface area contributed by atoms with Crippen LogP contribution in [0.5, 0.6) is 11.5 Å². The lowest BCUT2D eigenvalue weighted by Gasteiger charge is -2.10. The van der Waals surface area contributed by atoms with Crippen LogP contribution in [0, 0.1) is 13.8 Å². The van der Waals surface area contributed by atoms with Gasteiger partial charge in [-0.25, -0.2) is 0 Å². The van der Waals surface area contributed by atoms with Crippen LogP contribution in [0.1, 0.15) is 16.7 Å². The number of rotatable bonds is 3. The molecule has 0 atom stereocenters. The van der Waals surface area contributed by atoms with Crippen LogP contribution >= 0.6 is 15.9 Å². The van der Waals surface area contributed by atoms with Crippen LogP contribution in [-0.4, -0.2) is 11.0 Å². The zero-order valence-electron chi connectivity index (χ0n) is 11.2. The third kappa shape index (κ3) is 3.11. The molecule has 2 aromatic rings. The van der Waals surface area contributed by atoms with Crippen molar-refractivity contribution in [1.82, 2.24) is 0 Å². The molecule has 104 valence electrons. The summed E-state index contributed by atoms with van der Waals surface area (Å²) in [6.45, 7) is 4.04. The summed E-state index contributed by atoms with van der Waals surface area (Å²) in [4.78, 5) is 0. The largest absolute Gasteiger partial charge is 0.457 e. The lowest BCUT2D eigenvalue weighted by Crippen LogP contribution is -2.12. The van der Waals surface area contributed by atoms with E-state index in [4.69, 9.17) is 15.7 Å². The second-order valence-corrected chi connectivity index (χ2v) is 5.28. The van der Waals surface area contributed by atoms with Gasteiger partial charge in [-0.3, -0.25) is 0 Å². The van der Waals surface area contributed by atoms with Crippen molar-refractivity contribution in [3.8, 4) is 11.5 Å². The maximum absolute atomic E-state index is 8.61. The van der Waals surface area contributed by atoms with Gasteiger partial charge in [0.05, 0.1) is 0 Å². The molecule has 5 heteroatoms. The number of benzene rings is 2. The Labute approximate surface area is 126 Å². The first-order valence-electron chi connectivity index (χ1n) is 6.04. The van der Waals surface area contributed by atoms with Gasteiger partial charge in [-0.1, -0.05) is 21.1 Å². The first-order chi connectivity index (χ1) is 9.51. The molecule has 0 radical (unpaired) electrons. The fourth-order valence-corrected chi connectivity index (χ4v) is 2.08. The normalized spacial score (nSPS) is 11.4. The summed E-state index contributed by atoms with van der Waals surface area (Å²) in [6.07, 6.45) is 0. The minimum atomic E-state index is 0.0758.